The van der Waals surface area contributed by atoms with Crippen molar-refractivity contribution in [2.24, 2.45) is 0 Å². The Morgan fingerprint density at radius 3 is 1.00 bits per heavy atom. The largest absolute Gasteiger partial charge is 0.427 e. The topological polar surface area (TPSA) is 18.5 Å². The highest BCUT2D eigenvalue weighted by Gasteiger charge is 1.55. The summed E-state index contributed by atoms with van der Waals surface area (Å²) in [6.45, 7) is 4.19. The van der Waals surface area contributed by atoms with Gasteiger partial charge in [-0.2, -0.15) is 0 Å². The summed E-state index contributed by atoms with van der Waals surface area (Å²) in [7, 11) is 3.33. The molecule has 0 amide bonds. The summed E-state index contributed by atoms with van der Waals surface area (Å²) in [5.41, 5.74) is 0. The SMILES string of the molecule is CO[SiH2]C.CO[SiH2]C. The summed E-state index contributed by atoms with van der Waals surface area (Å²) in [5.74, 6) is 0. The molecule has 4 heteroatoms. The zero-order valence-electron chi connectivity index (χ0n) is 6.23. The van der Waals surface area contributed by atoms with Gasteiger partial charge in [-0.25, -0.2) is 0 Å². The molecule has 0 aliphatic carbocycles. The van der Waals surface area contributed by atoms with Crippen LogP contribution in [0.25, 0.3) is 0 Å². The van der Waals surface area contributed by atoms with E-state index >= 15 is 0 Å². The van der Waals surface area contributed by atoms with Crippen LogP contribution in [-0.2, 0) is 8.85 Å². The van der Waals surface area contributed by atoms with Gasteiger partial charge in [-0.15, -0.1) is 0 Å². The molecular weight excluding hydrogens is 136 g/mol. The molecule has 2 nitrogen and oxygen atoms in total. The van der Waals surface area contributed by atoms with E-state index in [-0.39, 0.29) is 19.5 Å². The average molecular weight is 152 g/mol. The van der Waals surface area contributed by atoms with Crippen LogP contribution in [0.4, 0.5) is 0 Å². The molecule has 0 bridgehead atoms. The molecule has 8 heavy (non-hydrogen) atoms. The Labute approximate surface area is 56.5 Å². The van der Waals surface area contributed by atoms with E-state index in [2.05, 4.69) is 21.9 Å². The summed E-state index contributed by atoms with van der Waals surface area (Å²) in [5, 5.41) is 0. The van der Waals surface area contributed by atoms with Crippen molar-refractivity contribution in [2.75, 3.05) is 14.2 Å². The third kappa shape index (κ3) is 32.9. The second kappa shape index (κ2) is 15.7. The number of hydrogen-bond acceptors (Lipinski definition) is 2. The average Bonchev–Trinajstić information content (AvgIpc) is 1.88. The van der Waals surface area contributed by atoms with Crippen LogP contribution >= 0.6 is 0 Å². The minimum absolute atomic E-state index is 0.0756. The Morgan fingerprint density at radius 1 is 0.875 bits per heavy atom. The lowest BCUT2D eigenvalue weighted by Crippen LogP contribution is -1.79. The molecule has 0 aromatic rings. The minimum Gasteiger partial charge on any atom is -0.427 e. The Hall–Kier alpha value is 0.354. The fourth-order valence-electron chi connectivity index (χ4n) is 0. The molecule has 0 radical (unpaired) electrons. The quantitative estimate of drug-likeness (QED) is 0.498. The highest BCUT2D eigenvalue weighted by molar-refractivity contribution is 6.24. The van der Waals surface area contributed by atoms with E-state index in [9.17, 15) is 0 Å². The first-order valence-electron chi connectivity index (χ1n) is 2.81. The molecule has 0 atom stereocenters. The lowest BCUT2D eigenvalue weighted by atomic mass is 11.8. The predicted molar refractivity (Wildman–Crippen MR) is 42.8 cm³/mol. The Bertz CT molecular complexity index is 20.0. The smallest absolute Gasteiger partial charge is 0.157 e. The third-order valence-electron chi connectivity index (χ3n) is 0.577. The predicted octanol–water partition coefficient (Wildman–Crippen LogP) is -0.471. The molecule has 0 aliphatic heterocycles. The third-order valence-corrected chi connectivity index (χ3v) is 1.73. The molecule has 52 valence electrons. The van der Waals surface area contributed by atoms with Crippen LogP contribution in [0.5, 0.6) is 0 Å². The van der Waals surface area contributed by atoms with Crippen molar-refractivity contribution in [1.29, 1.82) is 0 Å². The molecule has 0 aliphatic rings. The van der Waals surface area contributed by atoms with Gasteiger partial charge in [-0.05, 0) is 0 Å². The highest BCUT2D eigenvalue weighted by atomic mass is 28.2. The molecule has 0 N–H and O–H groups in total. The fraction of sp³-hybridized carbons (Fsp3) is 1.00. The molecule has 0 rings (SSSR count). The van der Waals surface area contributed by atoms with Crippen molar-refractivity contribution in [3.05, 3.63) is 0 Å². The van der Waals surface area contributed by atoms with Gasteiger partial charge in [0.25, 0.3) is 0 Å². The maximum absolute atomic E-state index is 4.68. The van der Waals surface area contributed by atoms with Gasteiger partial charge in [-0.1, -0.05) is 13.1 Å². The fourth-order valence-corrected chi connectivity index (χ4v) is 0. The molecule has 0 spiro atoms. The molecule has 0 fully saturated rings. The van der Waals surface area contributed by atoms with Crippen molar-refractivity contribution >= 4 is 19.5 Å². The van der Waals surface area contributed by atoms with Crippen molar-refractivity contribution in [3.8, 4) is 0 Å². The second-order valence-electron chi connectivity index (χ2n) is 1.15. The van der Waals surface area contributed by atoms with Gasteiger partial charge in [0.2, 0.25) is 0 Å². The van der Waals surface area contributed by atoms with E-state index in [4.69, 9.17) is 0 Å². The van der Waals surface area contributed by atoms with Crippen molar-refractivity contribution in [2.45, 2.75) is 13.1 Å². The zero-order chi connectivity index (χ0) is 6.83. The minimum atomic E-state index is -0.0756. The van der Waals surface area contributed by atoms with Gasteiger partial charge in [0, 0.05) is 14.2 Å². The van der Waals surface area contributed by atoms with E-state index in [1.165, 1.54) is 0 Å². The molecule has 0 heterocycles. The normalized spacial score (nSPS) is 10.5. The van der Waals surface area contributed by atoms with Crippen LogP contribution in [0.2, 0.25) is 13.1 Å². The van der Waals surface area contributed by atoms with E-state index in [0.29, 0.717) is 0 Å². The second-order valence-corrected chi connectivity index (χ2v) is 3.46. The Balaban J connectivity index is 0. The van der Waals surface area contributed by atoms with E-state index in [1.54, 1.807) is 14.2 Å². The molecule has 0 aromatic carbocycles. The van der Waals surface area contributed by atoms with Crippen LogP contribution in [-0.4, -0.2) is 33.7 Å². The molecule has 0 aromatic heterocycles. The summed E-state index contributed by atoms with van der Waals surface area (Å²) in [4.78, 5) is 0. The van der Waals surface area contributed by atoms with Gasteiger partial charge >= 0.3 is 0 Å². The molecule has 0 unspecified atom stereocenters. The van der Waals surface area contributed by atoms with Gasteiger partial charge in [0.05, 0.1) is 0 Å². The summed E-state index contributed by atoms with van der Waals surface area (Å²) >= 11 is 0. The van der Waals surface area contributed by atoms with Crippen LogP contribution in [0, 0.1) is 0 Å². The van der Waals surface area contributed by atoms with E-state index < -0.39 is 0 Å². The highest BCUT2D eigenvalue weighted by Crippen LogP contribution is 1.48. The van der Waals surface area contributed by atoms with E-state index in [0.717, 1.165) is 0 Å². The molecular formula is C4H16O2Si2. The van der Waals surface area contributed by atoms with Crippen molar-refractivity contribution in [3.63, 3.8) is 0 Å². The van der Waals surface area contributed by atoms with Gasteiger partial charge in [0.15, 0.2) is 19.5 Å². The maximum atomic E-state index is 4.68. The number of rotatable bonds is 2. The molecule has 0 saturated carbocycles. The van der Waals surface area contributed by atoms with Gasteiger partial charge in [-0.3, -0.25) is 0 Å². The Morgan fingerprint density at radius 2 is 1.00 bits per heavy atom. The van der Waals surface area contributed by atoms with Gasteiger partial charge in [0.1, 0.15) is 0 Å². The lowest BCUT2D eigenvalue weighted by molar-refractivity contribution is 0.446. The molecule has 0 saturated heterocycles. The van der Waals surface area contributed by atoms with Crippen LogP contribution in [0.3, 0.4) is 0 Å². The number of hydrogen-bond donors (Lipinski definition) is 0. The monoisotopic (exact) mass is 152 g/mol. The first kappa shape index (κ1) is 11.2. The summed E-state index contributed by atoms with van der Waals surface area (Å²) in [6, 6.07) is 0. The van der Waals surface area contributed by atoms with Crippen molar-refractivity contribution < 1.29 is 8.85 Å². The zero-order valence-corrected chi connectivity index (χ0v) is 9.06. The van der Waals surface area contributed by atoms with Crippen LogP contribution in [0.1, 0.15) is 0 Å². The maximum Gasteiger partial charge on any atom is 0.157 e. The van der Waals surface area contributed by atoms with Gasteiger partial charge < -0.3 is 8.85 Å². The first-order valence-corrected chi connectivity index (χ1v) is 6.79. The first-order chi connectivity index (χ1) is 3.83. The Kier molecular flexibility index (Phi) is 21.9. The van der Waals surface area contributed by atoms with Crippen molar-refractivity contribution in [1.82, 2.24) is 0 Å². The lowest BCUT2D eigenvalue weighted by Gasteiger charge is -1.75. The standard InChI is InChI=1S/2C2H8OSi/c2*1-3-4-2/h2*4H2,1-2H3. The van der Waals surface area contributed by atoms with Crippen LogP contribution in [0.15, 0.2) is 0 Å². The van der Waals surface area contributed by atoms with Crippen LogP contribution < -0.4 is 0 Å². The van der Waals surface area contributed by atoms with E-state index in [1.807, 2.05) is 0 Å². The summed E-state index contributed by atoms with van der Waals surface area (Å²) in [6.07, 6.45) is 0. The summed E-state index contributed by atoms with van der Waals surface area (Å²) < 4.78 is 9.36.